The van der Waals surface area contributed by atoms with E-state index in [4.69, 9.17) is 5.73 Å². The second kappa shape index (κ2) is 21.6. The van der Waals surface area contributed by atoms with E-state index < -0.39 is 84.1 Å². The summed E-state index contributed by atoms with van der Waals surface area (Å²) in [4.78, 5) is 98.0. The van der Waals surface area contributed by atoms with Crippen LogP contribution in [0.5, 0.6) is 0 Å². The molecule has 1 aliphatic rings. The number of para-hydroxylation sites is 1. The Morgan fingerprint density at radius 1 is 0.754 bits per heavy atom. The van der Waals surface area contributed by atoms with Crippen molar-refractivity contribution < 1.29 is 43.8 Å². The zero-order valence-electron chi connectivity index (χ0n) is 34.3. The highest BCUT2D eigenvalue weighted by molar-refractivity contribution is 5.97. The third-order valence-corrected chi connectivity index (χ3v) is 11.2. The Labute approximate surface area is 354 Å². The quantitative estimate of drug-likeness (QED) is 0.0609. The molecule has 16 heteroatoms. The van der Waals surface area contributed by atoms with Gasteiger partial charge in [0.2, 0.25) is 29.5 Å². The van der Waals surface area contributed by atoms with E-state index in [0.717, 1.165) is 16.5 Å². The molecular formula is C45H55N7O9. The standard InChI is InChI=1S/C45H55N7O9/c1-3-27(2)39(51-40(55)32(46)25-30-26-47-33-18-11-10-17-31(30)33)43(58)49-35(23-28-13-6-4-7-14-28)41(56)48-34(20-21-38(53)54)44(59)52-22-12-19-37(52)42(57)50-36(45(60)61)24-29-15-8-5-9-16-29/h4-11,13-18,26-27,32,34-37,39,47H,3,12,19-25,46H2,1-2H3,(H,48,56)(H,49,58)(H,50,57)(H,51,55)(H,53,54)(H,60,61)/t27-,32-,34-,35-,36-,37-,39-/m0/s1. The predicted octanol–water partition coefficient (Wildman–Crippen LogP) is 2.45. The van der Waals surface area contributed by atoms with Crippen molar-refractivity contribution in [1.29, 1.82) is 0 Å². The van der Waals surface area contributed by atoms with E-state index in [2.05, 4.69) is 26.3 Å². The number of fused-ring (bicyclic) bond motifs is 1. The first-order valence-electron chi connectivity index (χ1n) is 20.6. The summed E-state index contributed by atoms with van der Waals surface area (Å²) in [5, 5.41) is 31.2. The van der Waals surface area contributed by atoms with E-state index in [1.165, 1.54) is 4.90 Å². The fourth-order valence-corrected chi connectivity index (χ4v) is 7.53. The van der Waals surface area contributed by atoms with Crippen LogP contribution in [0.3, 0.4) is 0 Å². The van der Waals surface area contributed by atoms with Crippen LogP contribution in [0.4, 0.5) is 0 Å². The van der Waals surface area contributed by atoms with E-state index in [0.29, 0.717) is 24.0 Å². The lowest BCUT2D eigenvalue weighted by atomic mass is 9.96. The number of likely N-dealkylation sites (tertiary alicyclic amines) is 1. The number of carbonyl (C=O) groups excluding carboxylic acids is 5. The lowest BCUT2D eigenvalue weighted by Gasteiger charge is -2.31. The molecule has 0 bridgehead atoms. The van der Waals surface area contributed by atoms with Gasteiger partial charge in [-0.3, -0.25) is 28.8 Å². The summed E-state index contributed by atoms with van der Waals surface area (Å²) in [5.74, 6) is -6.29. The number of benzene rings is 3. The minimum absolute atomic E-state index is 0.00772. The van der Waals surface area contributed by atoms with Gasteiger partial charge in [0.25, 0.3) is 0 Å². The minimum atomic E-state index is -1.42. The van der Waals surface area contributed by atoms with Gasteiger partial charge in [0.1, 0.15) is 30.2 Å². The SMILES string of the molecule is CC[C@H](C)[C@H](NC(=O)[C@@H](N)Cc1c[nH]c2ccccc12)C(=O)N[C@@H](Cc1ccccc1)C(=O)N[C@@H](CCC(=O)O)C(=O)N1CCC[C@H]1C(=O)N[C@@H](Cc1ccccc1)C(=O)O. The van der Waals surface area contributed by atoms with Crippen LogP contribution in [0.25, 0.3) is 10.9 Å². The number of carboxylic acids is 2. The van der Waals surface area contributed by atoms with Crippen LogP contribution in [-0.4, -0.2) is 104 Å². The van der Waals surface area contributed by atoms with Crippen LogP contribution in [0, 0.1) is 5.92 Å². The van der Waals surface area contributed by atoms with Crippen molar-refractivity contribution in [2.75, 3.05) is 6.54 Å². The maximum atomic E-state index is 14.2. The average molecular weight is 838 g/mol. The Morgan fingerprint density at radius 2 is 1.36 bits per heavy atom. The highest BCUT2D eigenvalue weighted by Crippen LogP contribution is 2.22. The molecule has 0 unspecified atom stereocenters. The van der Waals surface area contributed by atoms with Crippen molar-refractivity contribution in [3.8, 4) is 0 Å². The molecule has 2 heterocycles. The van der Waals surface area contributed by atoms with Crippen LogP contribution in [-0.2, 0) is 52.8 Å². The Balaban J connectivity index is 1.32. The zero-order chi connectivity index (χ0) is 44.1. The number of nitrogens with one attached hydrogen (secondary N) is 5. The molecule has 324 valence electrons. The summed E-state index contributed by atoms with van der Waals surface area (Å²) in [6, 6.07) is 18.0. The van der Waals surface area contributed by atoms with E-state index in [9.17, 15) is 43.8 Å². The summed E-state index contributed by atoms with van der Waals surface area (Å²) < 4.78 is 0. The van der Waals surface area contributed by atoms with Gasteiger partial charge in [-0.05, 0) is 54.4 Å². The molecule has 5 rings (SSSR count). The van der Waals surface area contributed by atoms with Crippen LogP contribution in [0.1, 0.15) is 62.6 Å². The molecule has 1 aromatic heterocycles. The Morgan fingerprint density at radius 3 is 1.98 bits per heavy atom. The number of nitrogens with two attached hydrogens (primary N) is 1. The number of rotatable bonds is 21. The van der Waals surface area contributed by atoms with Gasteiger partial charge in [0.15, 0.2) is 0 Å². The van der Waals surface area contributed by atoms with Gasteiger partial charge in [-0.25, -0.2) is 4.79 Å². The molecular weight excluding hydrogens is 783 g/mol. The molecule has 9 N–H and O–H groups in total. The third kappa shape index (κ3) is 12.5. The van der Waals surface area contributed by atoms with Crippen LogP contribution in [0.2, 0.25) is 0 Å². The number of hydrogen-bond donors (Lipinski definition) is 8. The number of aliphatic carboxylic acids is 2. The first-order valence-corrected chi connectivity index (χ1v) is 20.6. The van der Waals surface area contributed by atoms with Gasteiger partial charge >= 0.3 is 11.9 Å². The Bertz CT molecular complexity index is 2160. The number of amides is 5. The number of carbonyl (C=O) groups is 7. The fraction of sp³-hybridized carbons (Fsp3) is 0.400. The molecule has 1 saturated heterocycles. The first-order chi connectivity index (χ1) is 29.2. The zero-order valence-corrected chi connectivity index (χ0v) is 34.3. The molecule has 1 aliphatic heterocycles. The van der Waals surface area contributed by atoms with Gasteiger partial charge in [0, 0.05) is 42.9 Å². The molecule has 1 fully saturated rings. The highest BCUT2D eigenvalue weighted by atomic mass is 16.4. The molecule has 5 amide bonds. The van der Waals surface area contributed by atoms with Crippen LogP contribution >= 0.6 is 0 Å². The van der Waals surface area contributed by atoms with Gasteiger partial charge in [-0.2, -0.15) is 0 Å². The van der Waals surface area contributed by atoms with E-state index in [1.54, 1.807) is 73.8 Å². The number of aromatic nitrogens is 1. The first kappa shape index (κ1) is 45.5. The van der Waals surface area contributed by atoms with Gasteiger partial charge in [-0.15, -0.1) is 0 Å². The van der Waals surface area contributed by atoms with Crippen molar-refractivity contribution in [2.45, 2.75) is 101 Å². The molecule has 0 spiro atoms. The Hall–Kier alpha value is -6.55. The van der Waals surface area contributed by atoms with Crippen LogP contribution < -0.4 is 27.0 Å². The molecule has 0 radical (unpaired) electrons. The molecule has 0 saturated carbocycles. The maximum absolute atomic E-state index is 14.2. The van der Waals surface area contributed by atoms with E-state index >= 15 is 0 Å². The normalized spacial score (nSPS) is 16.6. The smallest absolute Gasteiger partial charge is 0.326 e. The monoisotopic (exact) mass is 837 g/mol. The fourth-order valence-electron chi connectivity index (χ4n) is 7.53. The number of aromatic amines is 1. The number of carboxylic acid groups (broad SMARTS) is 2. The molecule has 16 nitrogen and oxygen atoms in total. The van der Waals surface area contributed by atoms with Crippen molar-refractivity contribution in [1.82, 2.24) is 31.2 Å². The third-order valence-electron chi connectivity index (χ3n) is 11.2. The van der Waals surface area contributed by atoms with E-state index in [-0.39, 0.29) is 44.6 Å². The van der Waals surface area contributed by atoms with E-state index in [1.807, 2.05) is 31.2 Å². The predicted molar refractivity (Wildman–Crippen MR) is 227 cm³/mol. The topological polar surface area (TPSA) is 253 Å². The molecule has 61 heavy (non-hydrogen) atoms. The van der Waals surface area contributed by atoms with Crippen molar-refractivity contribution in [3.63, 3.8) is 0 Å². The van der Waals surface area contributed by atoms with Gasteiger partial charge < -0.3 is 47.1 Å². The maximum Gasteiger partial charge on any atom is 0.326 e. The van der Waals surface area contributed by atoms with Crippen LogP contribution in [0.15, 0.2) is 91.1 Å². The Kier molecular flexibility index (Phi) is 16.1. The summed E-state index contributed by atoms with van der Waals surface area (Å²) in [6.07, 6.45) is 2.25. The molecule has 7 atom stereocenters. The van der Waals surface area contributed by atoms with Crippen molar-refractivity contribution in [3.05, 3.63) is 108 Å². The minimum Gasteiger partial charge on any atom is -0.481 e. The van der Waals surface area contributed by atoms with Gasteiger partial charge in [-0.1, -0.05) is 99.1 Å². The largest absolute Gasteiger partial charge is 0.481 e. The summed E-state index contributed by atoms with van der Waals surface area (Å²) in [5.41, 5.74) is 9.46. The van der Waals surface area contributed by atoms with Crippen molar-refractivity contribution in [2.24, 2.45) is 11.7 Å². The summed E-state index contributed by atoms with van der Waals surface area (Å²) in [7, 11) is 0. The van der Waals surface area contributed by atoms with Crippen molar-refractivity contribution >= 4 is 52.4 Å². The van der Waals surface area contributed by atoms with Gasteiger partial charge in [0.05, 0.1) is 6.04 Å². The summed E-state index contributed by atoms with van der Waals surface area (Å²) in [6.45, 7) is 3.74. The molecule has 4 aromatic rings. The molecule has 0 aliphatic carbocycles. The molecule has 3 aromatic carbocycles. The number of nitrogens with zero attached hydrogens (tertiary/aromatic N) is 1. The highest BCUT2D eigenvalue weighted by Gasteiger charge is 2.40. The average Bonchev–Trinajstić information content (AvgIpc) is 3.91. The lowest BCUT2D eigenvalue weighted by molar-refractivity contribution is -0.145. The second-order valence-electron chi connectivity index (χ2n) is 15.6. The second-order valence-corrected chi connectivity index (χ2v) is 15.6. The number of hydrogen-bond acceptors (Lipinski definition) is 8. The summed E-state index contributed by atoms with van der Waals surface area (Å²) >= 11 is 0. The number of H-pyrrole nitrogens is 1. The lowest BCUT2D eigenvalue weighted by Crippen LogP contribution is -2.60.